The molecule has 1 N–H and O–H groups in total. The Morgan fingerprint density at radius 1 is 1.57 bits per heavy atom. The Balaban J connectivity index is 2.15. The van der Waals surface area contributed by atoms with Gasteiger partial charge in [-0.15, -0.1) is 11.3 Å². The van der Waals surface area contributed by atoms with Crippen molar-refractivity contribution in [2.75, 3.05) is 19.3 Å². The van der Waals surface area contributed by atoms with Crippen molar-refractivity contribution in [3.8, 4) is 0 Å². The van der Waals surface area contributed by atoms with Gasteiger partial charge >= 0.3 is 0 Å². The van der Waals surface area contributed by atoms with Crippen LogP contribution in [0.3, 0.4) is 0 Å². The molecule has 0 saturated carbocycles. The van der Waals surface area contributed by atoms with E-state index in [0.717, 1.165) is 6.54 Å². The van der Waals surface area contributed by atoms with E-state index in [9.17, 15) is 0 Å². The van der Waals surface area contributed by atoms with Gasteiger partial charge in [-0.1, -0.05) is 6.92 Å². The lowest BCUT2D eigenvalue weighted by Crippen LogP contribution is -2.14. The quantitative estimate of drug-likeness (QED) is 0.859. The van der Waals surface area contributed by atoms with Gasteiger partial charge in [-0.3, -0.25) is 0 Å². The molecule has 78 valence electrons. The van der Waals surface area contributed by atoms with E-state index in [1.807, 2.05) is 30.1 Å². The Bertz CT molecular complexity index is 286. The van der Waals surface area contributed by atoms with Crippen molar-refractivity contribution in [2.24, 2.45) is 0 Å². The molecule has 0 bridgehead atoms. The van der Waals surface area contributed by atoms with E-state index in [1.54, 1.807) is 0 Å². The van der Waals surface area contributed by atoms with Crippen LogP contribution in [-0.4, -0.2) is 24.3 Å². The zero-order valence-corrected chi connectivity index (χ0v) is 10.3. The summed E-state index contributed by atoms with van der Waals surface area (Å²) in [4.78, 5) is 6.25. The van der Waals surface area contributed by atoms with Gasteiger partial charge in [0.15, 0.2) is 0 Å². The second kappa shape index (κ2) is 4.64. The molecule has 1 atom stereocenters. The van der Waals surface area contributed by atoms with Gasteiger partial charge in [0.1, 0.15) is 0 Å². The number of nitrogens with one attached hydrogen (secondary N) is 1. The first-order valence-electron chi connectivity index (χ1n) is 5.02. The smallest absolute Gasteiger partial charge is 0.0972 e. The molecule has 1 aliphatic rings. The van der Waals surface area contributed by atoms with Gasteiger partial charge in [0, 0.05) is 23.1 Å². The summed E-state index contributed by atoms with van der Waals surface area (Å²) in [5.74, 6) is 2.98. The molecule has 0 amide bonds. The predicted molar refractivity (Wildman–Crippen MR) is 64.3 cm³/mol. The third-order valence-electron chi connectivity index (χ3n) is 2.44. The van der Waals surface area contributed by atoms with Crippen LogP contribution < -0.4 is 5.32 Å². The van der Waals surface area contributed by atoms with Gasteiger partial charge in [0.05, 0.1) is 10.7 Å². The summed E-state index contributed by atoms with van der Waals surface area (Å²) >= 11 is 3.94. The number of thiazole rings is 1. The van der Waals surface area contributed by atoms with E-state index in [1.165, 1.54) is 33.5 Å². The summed E-state index contributed by atoms with van der Waals surface area (Å²) in [6.07, 6.45) is 1.17. The van der Waals surface area contributed by atoms with Gasteiger partial charge in [-0.25, -0.2) is 4.98 Å². The van der Waals surface area contributed by atoms with Crippen LogP contribution >= 0.6 is 23.1 Å². The molecule has 2 nitrogen and oxygen atoms in total. The molecule has 14 heavy (non-hydrogen) atoms. The van der Waals surface area contributed by atoms with Crippen molar-refractivity contribution in [3.05, 3.63) is 15.6 Å². The van der Waals surface area contributed by atoms with Crippen LogP contribution in [0.5, 0.6) is 0 Å². The van der Waals surface area contributed by atoms with Crippen molar-refractivity contribution in [1.82, 2.24) is 10.3 Å². The fourth-order valence-electron chi connectivity index (χ4n) is 1.65. The number of likely N-dealkylation sites (N-methyl/N-ethyl adjacent to an activating group) is 1. The lowest BCUT2D eigenvalue weighted by molar-refractivity contribution is 0.671. The van der Waals surface area contributed by atoms with Crippen LogP contribution in [-0.2, 0) is 12.2 Å². The average Bonchev–Trinajstić information content (AvgIpc) is 2.61. The molecular formula is C10H16N2S2. The molecule has 4 heteroatoms. The maximum atomic E-state index is 4.73. The third-order valence-corrected chi connectivity index (χ3v) is 4.94. The van der Waals surface area contributed by atoms with Gasteiger partial charge < -0.3 is 5.32 Å². The van der Waals surface area contributed by atoms with Crippen molar-refractivity contribution in [1.29, 1.82) is 0 Å². The minimum atomic E-state index is 0.556. The van der Waals surface area contributed by atoms with Gasteiger partial charge in [-0.05, 0) is 19.2 Å². The molecule has 0 saturated heterocycles. The molecule has 0 radical (unpaired) electrons. The summed E-state index contributed by atoms with van der Waals surface area (Å²) < 4.78 is 0. The molecule has 1 aromatic rings. The topological polar surface area (TPSA) is 24.9 Å². The van der Waals surface area contributed by atoms with E-state index in [0.29, 0.717) is 5.92 Å². The van der Waals surface area contributed by atoms with Crippen molar-refractivity contribution in [2.45, 2.75) is 25.0 Å². The van der Waals surface area contributed by atoms with Crippen molar-refractivity contribution < 1.29 is 0 Å². The second-order valence-corrected chi connectivity index (χ2v) is 5.90. The first-order chi connectivity index (χ1) is 6.81. The first-order valence-corrected chi connectivity index (χ1v) is 6.99. The minimum absolute atomic E-state index is 0.556. The van der Waals surface area contributed by atoms with Crippen LogP contribution in [0.2, 0.25) is 0 Å². The summed E-state index contributed by atoms with van der Waals surface area (Å²) in [5.41, 5.74) is 1.37. The molecular weight excluding hydrogens is 212 g/mol. The fraction of sp³-hybridized carbons (Fsp3) is 0.700. The third kappa shape index (κ3) is 2.12. The second-order valence-electron chi connectivity index (χ2n) is 3.68. The standard InChI is InChI=1S/C10H16N2S2/c1-7(5-11-2)10-12-8-3-4-13-6-9(8)14-10/h7,11H,3-6H2,1-2H3. The van der Waals surface area contributed by atoms with Crippen LogP contribution in [0, 0.1) is 0 Å². The minimum Gasteiger partial charge on any atom is -0.319 e. The summed E-state index contributed by atoms with van der Waals surface area (Å²) in [7, 11) is 2.00. The fourth-order valence-corrected chi connectivity index (χ4v) is 3.93. The highest BCUT2D eigenvalue weighted by molar-refractivity contribution is 7.98. The highest BCUT2D eigenvalue weighted by atomic mass is 32.2. The Morgan fingerprint density at radius 2 is 2.43 bits per heavy atom. The molecule has 0 aliphatic carbocycles. The number of thioether (sulfide) groups is 1. The number of rotatable bonds is 3. The SMILES string of the molecule is CNCC(C)c1nc2c(s1)CSCC2. The zero-order chi connectivity index (χ0) is 9.97. The van der Waals surface area contributed by atoms with Crippen molar-refractivity contribution in [3.63, 3.8) is 0 Å². The Kier molecular flexibility index (Phi) is 3.47. The number of aromatic nitrogens is 1. The van der Waals surface area contributed by atoms with E-state index >= 15 is 0 Å². The predicted octanol–water partition coefficient (Wildman–Crippen LogP) is 2.26. The molecule has 1 aromatic heterocycles. The zero-order valence-electron chi connectivity index (χ0n) is 8.67. The van der Waals surface area contributed by atoms with E-state index in [2.05, 4.69) is 12.2 Å². The van der Waals surface area contributed by atoms with Crippen LogP contribution in [0.25, 0.3) is 0 Å². The number of hydrogen-bond acceptors (Lipinski definition) is 4. The molecule has 0 aromatic carbocycles. The highest BCUT2D eigenvalue weighted by Gasteiger charge is 2.17. The summed E-state index contributed by atoms with van der Waals surface area (Å²) in [6, 6.07) is 0. The maximum absolute atomic E-state index is 4.73. The normalized spacial score (nSPS) is 17.9. The lowest BCUT2D eigenvalue weighted by Gasteiger charge is -2.06. The number of hydrogen-bond donors (Lipinski definition) is 1. The Morgan fingerprint density at radius 3 is 3.14 bits per heavy atom. The van der Waals surface area contributed by atoms with Crippen LogP contribution in [0.4, 0.5) is 0 Å². The van der Waals surface area contributed by atoms with E-state index in [-0.39, 0.29) is 0 Å². The molecule has 0 spiro atoms. The number of fused-ring (bicyclic) bond motifs is 1. The molecule has 2 rings (SSSR count). The van der Waals surface area contributed by atoms with Crippen LogP contribution in [0.15, 0.2) is 0 Å². The maximum Gasteiger partial charge on any atom is 0.0972 e. The summed E-state index contributed by atoms with van der Waals surface area (Å²) in [6.45, 7) is 3.27. The lowest BCUT2D eigenvalue weighted by atomic mass is 10.2. The molecule has 1 unspecified atom stereocenters. The molecule has 0 fully saturated rings. The van der Waals surface area contributed by atoms with Gasteiger partial charge in [-0.2, -0.15) is 11.8 Å². The van der Waals surface area contributed by atoms with Crippen LogP contribution in [0.1, 0.15) is 28.4 Å². The van der Waals surface area contributed by atoms with Gasteiger partial charge in [0.25, 0.3) is 0 Å². The highest BCUT2D eigenvalue weighted by Crippen LogP contribution is 2.32. The Hall–Kier alpha value is -0.0600. The van der Waals surface area contributed by atoms with Crippen molar-refractivity contribution >= 4 is 23.1 Å². The number of nitrogens with zero attached hydrogens (tertiary/aromatic N) is 1. The monoisotopic (exact) mass is 228 g/mol. The van der Waals surface area contributed by atoms with E-state index < -0.39 is 0 Å². The summed E-state index contributed by atoms with van der Waals surface area (Å²) in [5, 5.41) is 4.52. The number of aryl methyl sites for hydroxylation is 1. The van der Waals surface area contributed by atoms with Gasteiger partial charge in [0.2, 0.25) is 0 Å². The largest absolute Gasteiger partial charge is 0.319 e. The first kappa shape index (κ1) is 10.5. The average molecular weight is 228 g/mol. The van der Waals surface area contributed by atoms with E-state index in [4.69, 9.17) is 4.98 Å². The Labute approximate surface area is 93.5 Å². The molecule has 2 heterocycles. The molecule has 1 aliphatic heterocycles.